The Kier molecular flexibility index (Phi) is 4.67. The number of aromatic nitrogens is 4. The van der Waals surface area contributed by atoms with Crippen LogP contribution in [0.3, 0.4) is 0 Å². The molecule has 1 amide bonds. The van der Waals surface area contributed by atoms with Crippen molar-refractivity contribution in [1.82, 2.24) is 24.6 Å². The fourth-order valence-electron chi connectivity index (χ4n) is 3.71. The maximum absolute atomic E-state index is 13.0. The molecule has 1 aliphatic rings. The first-order valence-corrected chi connectivity index (χ1v) is 10.7. The van der Waals surface area contributed by atoms with Gasteiger partial charge in [-0.15, -0.1) is 21.5 Å². The molecule has 0 saturated carbocycles. The first-order chi connectivity index (χ1) is 14.5. The zero-order chi connectivity index (χ0) is 20.8. The lowest BCUT2D eigenvalue weighted by Gasteiger charge is -2.33. The zero-order valence-electron chi connectivity index (χ0n) is 16.4. The minimum absolute atomic E-state index is 0.0398. The van der Waals surface area contributed by atoms with Crippen LogP contribution >= 0.6 is 22.9 Å². The maximum Gasteiger partial charge on any atom is 0.254 e. The molecular formula is C21H18ClN5O2S. The first-order valence-electron chi connectivity index (χ1n) is 9.50. The van der Waals surface area contributed by atoms with E-state index in [1.54, 1.807) is 42.7 Å². The van der Waals surface area contributed by atoms with Crippen molar-refractivity contribution in [2.45, 2.75) is 19.5 Å². The number of hydrogen-bond donors (Lipinski definition) is 0. The van der Waals surface area contributed by atoms with Crippen molar-refractivity contribution in [3.8, 4) is 16.6 Å². The molecule has 2 aromatic heterocycles. The number of nitrogens with zero attached hydrogens (tertiary/aromatic N) is 5. The molecule has 0 saturated heterocycles. The van der Waals surface area contributed by atoms with Gasteiger partial charge in [0.1, 0.15) is 5.75 Å². The number of thiazole rings is 1. The van der Waals surface area contributed by atoms with Gasteiger partial charge in [-0.1, -0.05) is 11.6 Å². The van der Waals surface area contributed by atoms with Crippen molar-refractivity contribution < 1.29 is 9.53 Å². The van der Waals surface area contributed by atoms with Gasteiger partial charge in [0.15, 0.2) is 16.7 Å². The van der Waals surface area contributed by atoms with E-state index in [0.717, 1.165) is 32.6 Å². The zero-order valence-corrected chi connectivity index (χ0v) is 17.9. The monoisotopic (exact) mass is 439 g/mol. The highest BCUT2D eigenvalue weighted by atomic mass is 35.5. The summed E-state index contributed by atoms with van der Waals surface area (Å²) < 4.78 is 8.40. The SMILES string of the molecule is COc1ccc2nc(-c3nnc4n3CCN(C(=O)c3ccc(Cl)cc3)[C@@H]4C)sc2c1. The highest BCUT2D eigenvalue weighted by Gasteiger charge is 2.32. The number of benzene rings is 2. The van der Waals surface area contributed by atoms with E-state index in [-0.39, 0.29) is 11.9 Å². The second kappa shape index (κ2) is 7.37. The molecular weight excluding hydrogens is 422 g/mol. The van der Waals surface area contributed by atoms with Crippen LogP contribution in [0.4, 0.5) is 0 Å². The van der Waals surface area contributed by atoms with Crippen LogP contribution in [0, 0.1) is 0 Å². The van der Waals surface area contributed by atoms with Gasteiger partial charge >= 0.3 is 0 Å². The summed E-state index contributed by atoms with van der Waals surface area (Å²) in [5.41, 5.74) is 1.51. The smallest absolute Gasteiger partial charge is 0.254 e. The van der Waals surface area contributed by atoms with Gasteiger partial charge in [0.25, 0.3) is 5.91 Å². The van der Waals surface area contributed by atoms with E-state index in [1.165, 1.54) is 0 Å². The van der Waals surface area contributed by atoms with Crippen molar-refractivity contribution in [3.05, 3.63) is 58.9 Å². The van der Waals surface area contributed by atoms with Gasteiger partial charge in [0, 0.05) is 23.7 Å². The Morgan fingerprint density at radius 3 is 2.73 bits per heavy atom. The predicted molar refractivity (Wildman–Crippen MR) is 116 cm³/mol. The van der Waals surface area contributed by atoms with E-state index in [9.17, 15) is 4.79 Å². The molecule has 9 heteroatoms. The molecule has 0 N–H and O–H groups in total. The van der Waals surface area contributed by atoms with Crippen molar-refractivity contribution in [3.63, 3.8) is 0 Å². The van der Waals surface area contributed by atoms with E-state index in [2.05, 4.69) is 14.8 Å². The Bertz CT molecular complexity index is 1250. The number of methoxy groups -OCH3 is 1. The Morgan fingerprint density at radius 1 is 1.17 bits per heavy atom. The van der Waals surface area contributed by atoms with E-state index in [4.69, 9.17) is 21.3 Å². The Hall–Kier alpha value is -2.97. The van der Waals surface area contributed by atoms with E-state index >= 15 is 0 Å². The number of carbonyl (C=O) groups is 1. The molecule has 0 aliphatic carbocycles. The predicted octanol–water partition coefficient (Wildman–Crippen LogP) is 4.43. The minimum atomic E-state index is -0.197. The van der Waals surface area contributed by atoms with Crippen LogP contribution in [0.15, 0.2) is 42.5 Å². The quantitative estimate of drug-likeness (QED) is 0.472. The molecule has 0 radical (unpaired) electrons. The third kappa shape index (κ3) is 3.12. The fourth-order valence-corrected chi connectivity index (χ4v) is 4.82. The molecule has 1 aliphatic heterocycles. The van der Waals surface area contributed by atoms with Crippen molar-refractivity contribution in [2.24, 2.45) is 0 Å². The fraction of sp³-hybridized carbons (Fsp3) is 0.238. The Balaban J connectivity index is 1.46. The topological polar surface area (TPSA) is 73.1 Å². The van der Waals surface area contributed by atoms with Crippen LogP contribution in [0.5, 0.6) is 5.75 Å². The van der Waals surface area contributed by atoms with Crippen LogP contribution in [0.1, 0.15) is 29.1 Å². The second-order valence-corrected chi connectivity index (χ2v) is 8.53. The molecule has 2 aromatic carbocycles. The van der Waals surface area contributed by atoms with Gasteiger partial charge in [-0.2, -0.15) is 0 Å². The second-order valence-electron chi connectivity index (χ2n) is 7.07. The molecule has 0 unspecified atom stereocenters. The average Bonchev–Trinajstić information content (AvgIpc) is 3.37. The maximum atomic E-state index is 13.0. The summed E-state index contributed by atoms with van der Waals surface area (Å²) in [6.45, 7) is 3.15. The third-order valence-corrected chi connectivity index (χ3v) is 6.59. The van der Waals surface area contributed by atoms with Gasteiger partial charge in [0.05, 0.1) is 23.4 Å². The highest BCUT2D eigenvalue weighted by Crippen LogP contribution is 2.34. The van der Waals surface area contributed by atoms with Crippen LogP contribution in [0.25, 0.3) is 21.0 Å². The summed E-state index contributed by atoms with van der Waals surface area (Å²) in [7, 11) is 1.65. The van der Waals surface area contributed by atoms with Gasteiger partial charge in [-0.05, 0) is 49.4 Å². The van der Waals surface area contributed by atoms with Crippen LogP contribution < -0.4 is 4.74 Å². The van der Waals surface area contributed by atoms with E-state index in [1.807, 2.05) is 30.0 Å². The molecule has 152 valence electrons. The highest BCUT2D eigenvalue weighted by molar-refractivity contribution is 7.21. The van der Waals surface area contributed by atoms with Gasteiger partial charge in [-0.25, -0.2) is 4.98 Å². The van der Waals surface area contributed by atoms with Crippen LogP contribution in [-0.4, -0.2) is 44.2 Å². The third-order valence-electron chi connectivity index (χ3n) is 5.32. The summed E-state index contributed by atoms with van der Waals surface area (Å²) in [6.07, 6.45) is 0. The summed E-state index contributed by atoms with van der Waals surface area (Å²) in [6, 6.07) is 12.6. The Morgan fingerprint density at radius 2 is 1.97 bits per heavy atom. The molecule has 7 nitrogen and oxygen atoms in total. The molecule has 5 rings (SSSR count). The normalized spacial score (nSPS) is 16.0. The average molecular weight is 440 g/mol. The number of hydrogen-bond acceptors (Lipinski definition) is 6. The number of fused-ring (bicyclic) bond motifs is 2. The molecule has 3 heterocycles. The molecule has 0 bridgehead atoms. The number of amides is 1. The number of carbonyl (C=O) groups excluding carboxylic acids is 1. The molecule has 0 fully saturated rings. The lowest BCUT2D eigenvalue weighted by Crippen LogP contribution is -2.41. The lowest BCUT2D eigenvalue weighted by molar-refractivity contribution is 0.0638. The van der Waals surface area contributed by atoms with Gasteiger partial charge in [-0.3, -0.25) is 4.79 Å². The molecule has 4 aromatic rings. The summed E-state index contributed by atoms with van der Waals surface area (Å²) in [4.78, 5) is 19.5. The largest absolute Gasteiger partial charge is 0.497 e. The van der Waals surface area contributed by atoms with Crippen molar-refractivity contribution >= 4 is 39.1 Å². The summed E-state index contributed by atoms with van der Waals surface area (Å²) in [5.74, 6) is 2.25. The molecule has 30 heavy (non-hydrogen) atoms. The van der Waals surface area contributed by atoms with E-state index < -0.39 is 0 Å². The summed E-state index contributed by atoms with van der Waals surface area (Å²) >= 11 is 7.50. The van der Waals surface area contributed by atoms with Crippen molar-refractivity contribution in [1.29, 1.82) is 0 Å². The Labute approximate surface area is 181 Å². The van der Waals surface area contributed by atoms with Crippen LogP contribution in [-0.2, 0) is 6.54 Å². The number of ether oxygens (including phenoxy) is 1. The first kappa shape index (κ1) is 19.0. The van der Waals surface area contributed by atoms with Gasteiger partial charge < -0.3 is 14.2 Å². The van der Waals surface area contributed by atoms with Gasteiger partial charge in [0.2, 0.25) is 0 Å². The molecule has 1 atom stereocenters. The van der Waals surface area contributed by atoms with Crippen LogP contribution in [0.2, 0.25) is 5.02 Å². The number of rotatable bonds is 3. The minimum Gasteiger partial charge on any atom is -0.497 e. The lowest BCUT2D eigenvalue weighted by atomic mass is 10.1. The van der Waals surface area contributed by atoms with Crippen molar-refractivity contribution in [2.75, 3.05) is 13.7 Å². The number of halogens is 1. The van der Waals surface area contributed by atoms with E-state index in [0.29, 0.717) is 23.7 Å². The molecule has 0 spiro atoms. The summed E-state index contributed by atoms with van der Waals surface area (Å²) in [5, 5.41) is 10.2. The standard InChI is InChI=1S/C21H18ClN5O2S/c1-12-18-24-25-19(20-23-16-8-7-15(29-2)11-17(16)30-20)27(18)10-9-26(12)21(28)13-3-5-14(22)6-4-13/h3-8,11-12H,9-10H2,1-2H3/t12-/m1/s1.